The van der Waals surface area contributed by atoms with E-state index in [4.69, 9.17) is 75.5 Å². The molecule has 46 heteroatoms. The normalized spacial score (nSPS) is 31.4. The van der Waals surface area contributed by atoms with Crippen LogP contribution in [0.2, 0.25) is 0 Å². The maximum atomic E-state index is 11.1. The average Bonchev–Trinajstić information content (AvgIpc) is 1.69. The number of aliphatic hydroxyl groups is 1. The number of hydrogen-bond donors (Lipinski definition) is 9. The van der Waals surface area contributed by atoms with Crippen LogP contribution in [0, 0.1) is 50.6 Å². The molecule has 10 aliphatic rings. The molecular formula is C55H101ClN14O31. The van der Waals surface area contributed by atoms with Crippen molar-refractivity contribution >= 4 is 34.6 Å². The molecule has 584 valence electrons. The lowest BCUT2D eigenvalue weighted by molar-refractivity contribution is -0.769. The molecule has 10 fully saturated rings. The van der Waals surface area contributed by atoms with Gasteiger partial charge in [-0.25, -0.2) is 0 Å². The number of hydrogen-bond acceptors (Lipinski definition) is 38. The van der Waals surface area contributed by atoms with Crippen LogP contribution >= 0.6 is 11.6 Å². The summed E-state index contributed by atoms with van der Waals surface area (Å²) >= 11 is 4.81. The van der Waals surface area contributed by atoms with Crippen LogP contribution < -0.4 is 43.4 Å². The number of nitrogens with one attached hydrogen (secondary N) is 6. The number of amides is 2. The number of esters is 1. The molecule has 0 spiro atoms. The number of rotatable bonds is 31. The molecule has 45 nitrogen and oxygen atoms in total. The van der Waals surface area contributed by atoms with Crippen molar-refractivity contribution in [2.24, 2.45) is 11.5 Å². The fraction of sp³-hybridized carbons (Fsp3) is 0.927. The molecule has 0 aromatic heterocycles. The number of halogens is 1. The molecular weight excluding hydrogens is 1390 g/mol. The molecule has 11 N–H and O–H groups in total. The van der Waals surface area contributed by atoms with E-state index in [0.717, 1.165) is 13.0 Å². The minimum absolute atomic E-state index is 0. The third-order valence-electron chi connectivity index (χ3n) is 16.3. The van der Waals surface area contributed by atoms with Crippen LogP contribution in [0.5, 0.6) is 0 Å². The molecule has 10 saturated heterocycles. The van der Waals surface area contributed by atoms with Crippen molar-refractivity contribution in [1.82, 2.24) is 36.8 Å². The molecule has 0 saturated carbocycles. The minimum Gasteiger partial charge on any atom is -0.456 e. The second-order valence-corrected chi connectivity index (χ2v) is 23.4. The predicted octanol–water partition coefficient (Wildman–Crippen LogP) is -4.73. The maximum Gasteiger partial charge on any atom is 0.303 e. The van der Waals surface area contributed by atoms with Gasteiger partial charge in [-0.3, -0.25) is 19.2 Å². The number of ether oxygens (including phenoxy) is 11. The molecule has 10 heterocycles. The second kappa shape index (κ2) is 47.8. The second-order valence-electron chi connectivity index (χ2n) is 23.0. The summed E-state index contributed by atoms with van der Waals surface area (Å²) in [6, 6.07) is -0.199. The first-order valence-corrected chi connectivity index (χ1v) is 33.0. The molecule has 20 atom stereocenters. The Morgan fingerprint density at radius 2 is 0.762 bits per heavy atom. The predicted molar refractivity (Wildman–Crippen MR) is 342 cm³/mol. The van der Waals surface area contributed by atoms with Gasteiger partial charge < -0.3 is 130 Å². The molecule has 0 aromatic rings. The van der Waals surface area contributed by atoms with Crippen molar-refractivity contribution < 1.29 is 126 Å². The summed E-state index contributed by atoms with van der Waals surface area (Å²) in [6.07, 6.45) is -4.77. The Kier molecular flexibility index (Phi) is 42.1. The van der Waals surface area contributed by atoms with Crippen LogP contribution in [0.15, 0.2) is 0 Å². The molecule has 10 aliphatic heterocycles. The molecule has 0 radical (unpaired) electrons. The van der Waals surface area contributed by atoms with Gasteiger partial charge in [-0.2, -0.15) is 0 Å². The summed E-state index contributed by atoms with van der Waals surface area (Å²) in [5, 5.41) is 73.1. The van der Waals surface area contributed by atoms with Gasteiger partial charge in [-0.15, -0.1) is 50.6 Å². The quantitative estimate of drug-likeness (QED) is 0.0103. The van der Waals surface area contributed by atoms with E-state index in [2.05, 4.69) is 93.4 Å². The minimum atomic E-state index is -0.842. The first kappa shape index (κ1) is 88.9. The highest BCUT2D eigenvalue weighted by Crippen LogP contribution is 2.33. The standard InChI is InChI=1S/C11H19N3O6.C10H17N3O7.C9H16N2O5.C8H15N3O5.C6H10N2O5.C6H15N.C4H5ClO3.CH4/c1-2-9(15)13-4-3-12-7-5-18-11-8(20-14(16)17)6-19-10(7)11;14-3-8(15)12-2-1-11-6-4-18-10-7(20-13(16)17)5-19-9(6)10;1-2-3-10-6-4-14-9-7(16-11(12)13)5-15-8(6)9;9-1-2-10-5-3-14-8-6(16-11(12)13)4-15-7(5)8;7-3-1-11-6-4(13-8(9)10)2-12-5(3)6;1-4-7(5-2)6-3;1-3(6)8-2-4(5)7;/h7-8,10-12H,2-6H2,1H3,(H,13,15);6-7,9-11,14H,1-5H2,(H,12,15);6-10H,2-5H2,1H3;5-8,10H,1-4,9H2;3-6H,1-2,7H2;4-6H2,1-3H3;2H2,1H3;1H4/t7-,8+,10-,11-;6-,7+,9-,10-;6-,7+,8-,9-;5-,6+,7-,8-;3-,4+,5-,6-;;;/m11111.../s1. The Balaban J connectivity index is 0.000000313. The zero-order valence-corrected chi connectivity index (χ0v) is 57.2. The smallest absolute Gasteiger partial charge is 0.303 e. The average molecular weight is 1490 g/mol. The Bertz CT molecular complexity index is 2360. The third kappa shape index (κ3) is 30.5. The summed E-state index contributed by atoms with van der Waals surface area (Å²) < 4.78 is 58.4. The van der Waals surface area contributed by atoms with Crippen molar-refractivity contribution in [2.75, 3.05) is 145 Å². The zero-order chi connectivity index (χ0) is 73.8. The third-order valence-corrected chi connectivity index (χ3v) is 16.4. The molecule has 0 unspecified atom stereocenters. The highest BCUT2D eigenvalue weighted by atomic mass is 35.5. The molecule has 101 heavy (non-hydrogen) atoms. The van der Waals surface area contributed by atoms with Gasteiger partial charge >= 0.3 is 5.97 Å². The molecule has 0 aromatic carbocycles. The van der Waals surface area contributed by atoms with E-state index in [1.807, 2.05) is 0 Å². The van der Waals surface area contributed by atoms with E-state index in [9.17, 15) is 69.7 Å². The lowest BCUT2D eigenvalue weighted by Crippen LogP contribution is -2.44. The van der Waals surface area contributed by atoms with Gasteiger partial charge in [-0.05, 0) is 44.2 Å². The van der Waals surface area contributed by atoms with E-state index in [1.54, 1.807) is 6.92 Å². The van der Waals surface area contributed by atoms with Crippen LogP contribution in [0.1, 0.15) is 61.8 Å². The molecule has 0 bridgehead atoms. The van der Waals surface area contributed by atoms with Crippen LogP contribution in [-0.2, 0) is 95.5 Å². The van der Waals surface area contributed by atoms with E-state index >= 15 is 0 Å². The maximum absolute atomic E-state index is 11.1. The first-order valence-electron chi connectivity index (χ1n) is 32.6. The number of carbonyl (C=O) groups excluding carboxylic acids is 4. The van der Waals surface area contributed by atoms with Crippen LogP contribution in [0.4, 0.5) is 0 Å². The lowest BCUT2D eigenvalue weighted by Gasteiger charge is -2.17. The summed E-state index contributed by atoms with van der Waals surface area (Å²) in [5.74, 6) is -0.938. The van der Waals surface area contributed by atoms with Gasteiger partial charge in [0, 0.05) is 52.6 Å². The Labute approximate surface area is 586 Å². The van der Waals surface area contributed by atoms with Crippen molar-refractivity contribution in [2.45, 2.75) is 184 Å². The first-order chi connectivity index (χ1) is 47.8. The topological polar surface area (TPSA) is 579 Å². The van der Waals surface area contributed by atoms with Gasteiger partial charge in [0.15, 0.2) is 37.1 Å². The van der Waals surface area contributed by atoms with E-state index < -0.39 is 91.9 Å². The molecule has 10 rings (SSSR count). The lowest BCUT2D eigenvalue weighted by atomic mass is 10.1. The van der Waals surface area contributed by atoms with Gasteiger partial charge in [0.2, 0.25) is 11.8 Å². The number of nitrogens with two attached hydrogens (primary N) is 2. The fourth-order valence-corrected chi connectivity index (χ4v) is 11.6. The number of fused-ring (bicyclic) bond motifs is 5. The van der Waals surface area contributed by atoms with Crippen LogP contribution in [-0.4, -0.2) is 325 Å². The van der Waals surface area contributed by atoms with Gasteiger partial charge in [0.25, 0.3) is 30.7 Å². The van der Waals surface area contributed by atoms with Crippen LogP contribution in [0.3, 0.4) is 0 Å². The van der Waals surface area contributed by atoms with Gasteiger partial charge in [-0.1, -0.05) is 42.0 Å². The largest absolute Gasteiger partial charge is 0.456 e. The SMILES string of the molecule is C.CC(=O)OCC(=O)Cl.CCC(=O)NCCN[C@@H]1CO[C@H]2[C@@H]1OC[C@@H]2O[N+](=O)[O-].CCCN[C@@H]1CO[C@H]2[C@@H]1OC[C@@H]2O[N+](=O)[O-].CCN(CC)CC.NCCN[C@@H]1CO[C@H]2[C@@H]1OC[C@@H]2O[N+](=O)[O-].N[C@@H]1CO[C@H]2[C@@H]1OC[C@@H]2O[N+](=O)[O-].O=C(CO)NCCN[C@@H]1CO[C@H]2[C@@H]1OC[C@@H]2O[N+](=O)[O-]. The van der Waals surface area contributed by atoms with Gasteiger partial charge in [0.1, 0.15) is 67.6 Å². The Morgan fingerprint density at radius 3 is 1.03 bits per heavy atom. The number of nitrogens with zero attached hydrogens (tertiary/aromatic N) is 6. The van der Waals surface area contributed by atoms with E-state index in [1.165, 1.54) is 26.6 Å². The number of aliphatic hydroxyl groups excluding tert-OH is 1. The van der Waals surface area contributed by atoms with E-state index in [0.29, 0.717) is 78.7 Å². The fourth-order valence-electron chi connectivity index (χ4n) is 11.6. The zero-order valence-electron chi connectivity index (χ0n) is 56.4. The highest BCUT2D eigenvalue weighted by molar-refractivity contribution is 6.64. The van der Waals surface area contributed by atoms with Crippen molar-refractivity contribution in [3.8, 4) is 0 Å². The van der Waals surface area contributed by atoms with Gasteiger partial charge in [0.05, 0.1) is 96.3 Å². The van der Waals surface area contributed by atoms with Crippen LogP contribution in [0.25, 0.3) is 0 Å². The Morgan fingerprint density at radius 1 is 0.465 bits per heavy atom. The van der Waals surface area contributed by atoms with E-state index in [-0.39, 0.29) is 132 Å². The summed E-state index contributed by atoms with van der Waals surface area (Å²) in [6.45, 7) is 21.4. The molecule has 0 aliphatic carbocycles. The number of carbonyl (C=O) groups is 4. The highest BCUT2D eigenvalue weighted by Gasteiger charge is 2.53. The van der Waals surface area contributed by atoms with Crippen molar-refractivity contribution in [1.29, 1.82) is 0 Å². The monoisotopic (exact) mass is 1490 g/mol. The van der Waals surface area contributed by atoms with Crippen molar-refractivity contribution in [3.63, 3.8) is 0 Å². The summed E-state index contributed by atoms with van der Waals surface area (Å²) in [5.41, 5.74) is 11.0. The van der Waals surface area contributed by atoms with Crippen molar-refractivity contribution in [3.05, 3.63) is 50.6 Å². The summed E-state index contributed by atoms with van der Waals surface area (Å²) in [7, 11) is 0. The summed E-state index contributed by atoms with van der Waals surface area (Å²) in [4.78, 5) is 118. The molecule has 2 amide bonds. The Hall–Kier alpha value is -6.35.